The Balaban J connectivity index is 2.32. The maximum Gasteiger partial charge on any atom is 0.125 e. The van der Waals surface area contributed by atoms with Gasteiger partial charge >= 0.3 is 0 Å². The molecule has 0 fully saturated rings. The Bertz CT molecular complexity index is 499. The Kier molecular flexibility index (Phi) is 4.20. The van der Waals surface area contributed by atoms with Crippen LogP contribution in [0.5, 0.6) is 0 Å². The molecule has 0 radical (unpaired) electrons. The first-order chi connectivity index (χ1) is 8.76. The van der Waals surface area contributed by atoms with Gasteiger partial charge in [0.05, 0.1) is 18.5 Å². The lowest BCUT2D eigenvalue weighted by Crippen LogP contribution is -2.11. The van der Waals surface area contributed by atoms with Gasteiger partial charge in [0.25, 0.3) is 0 Å². The van der Waals surface area contributed by atoms with E-state index in [2.05, 4.69) is 30.5 Å². The van der Waals surface area contributed by atoms with E-state index in [4.69, 9.17) is 4.42 Å². The Morgan fingerprint density at radius 3 is 2.89 bits per heavy atom. The minimum atomic E-state index is 0.763. The van der Waals surface area contributed by atoms with Crippen molar-refractivity contribution < 1.29 is 4.42 Å². The molecule has 98 valence electrons. The summed E-state index contributed by atoms with van der Waals surface area (Å²) in [5.74, 6) is 0.988. The number of rotatable bonds is 6. The second kappa shape index (κ2) is 5.87. The number of aromatic nitrogens is 2. The third kappa shape index (κ3) is 2.64. The molecule has 0 spiro atoms. The molecule has 0 aliphatic carbocycles. The minimum absolute atomic E-state index is 0.763. The van der Waals surface area contributed by atoms with E-state index in [1.165, 1.54) is 5.56 Å². The second-order valence-corrected chi connectivity index (χ2v) is 4.45. The normalized spacial score (nSPS) is 11.1. The Morgan fingerprint density at radius 2 is 2.17 bits per heavy atom. The molecule has 0 unspecified atom stereocenters. The van der Waals surface area contributed by atoms with Crippen molar-refractivity contribution in [3.8, 4) is 11.1 Å². The number of hydrogen-bond donors (Lipinski definition) is 1. The van der Waals surface area contributed by atoms with Gasteiger partial charge in [-0.2, -0.15) is 5.10 Å². The summed E-state index contributed by atoms with van der Waals surface area (Å²) in [5.41, 5.74) is 3.51. The van der Waals surface area contributed by atoms with Crippen LogP contribution in [0, 0.1) is 0 Å². The average molecular weight is 247 g/mol. The summed E-state index contributed by atoms with van der Waals surface area (Å²) >= 11 is 0. The third-order valence-corrected chi connectivity index (χ3v) is 2.96. The smallest absolute Gasteiger partial charge is 0.125 e. The molecule has 2 aromatic heterocycles. The van der Waals surface area contributed by atoms with Crippen molar-refractivity contribution in [2.24, 2.45) is 7.05 Å². The topological polar surface area (TPSA) is 43.0 Å². The highest BCUT2D eigenvalue weighted by Gasteiger charge is 2.14. The van der Waals surface area contributed by atoms with E-state index in [0.29, 0.717) is 0 Å². The Labute approximate surface area is 108 Å². The molecule has 2 aromatic rings. The van der Waals surface area contributed by atoms with Crippen molar-refractivity contribution in [3.63, 3.8) is 0 Å². The highest BCUT2D eigenvalue weighted by Crippen LogP contribution is 2.28. The Hall–Kier alpha value is -1.55. The van der Waals surface area contributed by atoms with Crippen LogP contribution in [0.15, 0.2) is 22.9 Å². The van der Waals surface area contributed by atoms with E-state index >= 15 is 0 Å². The van der Waals surface area contributed by atoms with E-state index in [9.17, 15) is 0 Å². The van der Waals surface area contributed by atoms with Crippen LogP contribution in [0.3, 0.4) is 0 Å². The van der Waals surface area contributed by atoms with Gasteiger partial charge in [0, 0.05) is 24.4 Å². The van der Waals surface area contributed by atoms with Crippen LogP contribution in [0.25, 0.3) is 11.1 Å². The average Bonchev–Trinajstić information content (AvgIpc) is 2.93. The zero-order valence-corrected chi connectivity index (χ0v) is 11.4. The van der Waals surface area contributed by atoms with Gasteiger partial charge in [-0.25, -0.2) is 0 Å². The highest BCUT2D eigenvalue weighted by molar-refractivity contribution is 5.67. The number of furan rings is 1. The first-order valence-corrected chi connectivity index (χ1v) is 6.56. The molecule has 4 nitrogen and oxygen atoms in total. The molecule has 18 heavy (non-hydrogen) atoms. The van der Waals surface area contributed by atoms with E-state index in [1.54, 1.807) is 6.26 Å². The fourth-order valence-corrected chi connectivity index (χ4v) is 2.14. The van der Waals surface area contributed by atoms with Crippen molar-refractivity contribution >= 4 is 0 Å². The van der Waals surface area contributed by atoms with Crippen LogP contribution in [-0.2, 0) is 20.0 Å². The fraction of sp³-hybridized carbons (Fsp3) is 0.500. The van der Waals surface area contributed by atoms with Gasteiger partial charge in [-0.05, 0) is 19.0 Å². The number of aryl methyl sites for hydroxylation is 2. The van der Waals surface area contributed by atoms with Crippen molar-refractivity contribution in [2.75, 3.05) is 6.54 Å². The molecular formula is C14H21N3O. The molecule has 0 aromatic carbocycles. The fourth-order valence-electron chi connectivity index (χ4n) is 2.14. The van der Waals surface area contributed by atoms with Crippen LogP contribution in [0.1, 0.15) is 31.7 Å². The highest BCUT2D eigenvalue weighted by atomic mass is 16.3. The maximum atomic E-state index is 5.56. The van der Waals surface area contributed by atoms with E-state index in [1.807, 2.05) is 17.8 Å². The molecule has 2 rings (SSSR count). The number of nitrogens with one attached hydrogen (secondary N) is 1. The van der Waals surface area contributed by atoms with Crippen LogP contribution in [0.4, 0.5) is 0 Å². The quantitative estimate of drug-likeness (QED) is 0.853. The van der Waals surface area contributed by atoms with Crippen molar-refractivity contribution in [2.45, 2.75) is 33.2 Å². The predicted octanol–water partition coefficient (Wildman–Crippen LogP) is 2.74. The van der Waals surface area contributed by atoms with Gasteiger partial charge in [-0.15, -0.1) is 0 Å². The molecule has 0 bridgehead atoms. The first kappa shape index (κ1) is 12.9. The largest absolute Gasteiger partial charge is 0.467 e. The van der Waals surface area contributed by atoms with Gasteiger partial charge in [0.1, 0.15) is 5.76 Å². The predicted molar refractivity (Wildman–Crippen MR) is 72.3 cm³/mol. The first-order valence-electron chi connectivity index (χ1n) is 6.56. The SMILES string of the molecule is CCCc1nn(C)cc1-c1ccoc1CNCC. The minimum Gasteiger partial charge on any atom is -0.467 e. The van der Waals surface area contributed by atoms with Crippen LogP contribution in [-0.4, -0.2) is 16.3 Å². The van der Waals surface area contributed by atoms with Gasteiger partial charge in [0.2, 0.25) is 0 Å². The van der Waals surface area contributed by atoms with E-state index in [-0.39, 0.29) is 0 Å². The Morgan fingerprint density at radius 1 is 1.33 bits per heavy atom. The van der Waals surface area contributed by atoms with Crippen LogP contribution < -0.4 is 5.32 Å². The van der Waals surface area contributed by atoms with Gasteiger partial charge < -0.3 is 9.73 Å². The number of hydrogen-bond acceptors (Lipinski definition) is 3. The molecule has 0 aliphatic heterocycles. The summed E-state index contributed by atoms with van der Waals surface area (Å²) in [4.78, 5) is 0. The maximum absolute atomic E-state index is 5.56. The lowest BCUT2D eigenvalue weighted by atomic mass is 10.0. The summed E-state index contributed by atoms with van der Waals surface area (Å²) < 4.78 is 7.44. The molecule has 0 aliphatic rings. The van der Waals surface area contributed by atoms with Crippen molar-refractivity contribution in [1.82, 2.24) is 15.1 Å². The lowest BCUT2D eigenvalue weighted by molar-refractivity contribution is 0.489. The summed E-state index contributed by atoms with van der Waals surface area (Å²) in [6.07, 6.45) is 5.93. The lowest BCUT2D eigenvalue weighted by Gasteiger charge is -2.03. The summed E-state index contributed by atoms with van der Waals surface area (Å²) in [6, 6.07) is 2.03. The van der Waals surface area contributed by atoms with Crippen LogP contribution >= 0.6 is 0 Å². The standard InChI is InChI=1S/C14H21N3O/c1-4-6-13-12(10-17(3)16-13)11-7-8-18-14(11)9-15-5-2/h7-8,10,15H,4-6,9H2,1-3H3. The molecule has 0 amide bonds. The van der Waals surface area contributed by atoms with Crippen molar-refractivity contribution in [3.05, 3.63) is 30.0 Å². The summed E-state index contributed by atoms with van der Waals surface area (Å²) in [5, 5.41) is 7.83. The van der Waals surface area contributed by atoms with Gasteiger partial charge in [0.15, 0.2) is 0 Å². The molecule has 0 atom stereocenters. The van der Waals surface area contributed by atoms with E-state index < -0.39 is 0 Å². The third-order valence-electron chi connectivity index (χ3n) is 2.96. The van der Waals surface area contributed by atoms with E-state index in [0.717, 1.165) is 42.9 Å². The molecule has 0 saturated heterocycles. The zero-order valence-electron chi connectivity index (χ0n) is 11.4. The summed E-state index contributed by atoms with van der Waals surface area (Å²) in [6.45, 7) is 5.97. The van der Waals surface area contributed by atoms with Gasteiger partial charge in [-0.1, -0.05) is 20.3 Å². The van der Waals surface area contributed by atoms with Gasteiger partial charge in [-0.3, -0.25) is 4.68 Å². The molecule has 0 saturated carbocycles. The molecule has 1 N–H and O–H groups in total. The summed E-state index contributed by atoms with van der Waals surface area (Å²) in [7, 11) is 1.96. The van der Waals surface area contributed by atoms with Crippen molar-refractivity contribution in [1.29, 1.82) is 0 Å². The number of nitrogens with zero attached hydrogens (tertiary/aromatic N) is 2. The molecule has 2 heterocycles. The molecule has 4 heteroatoms. The zero-order chi connectivity index (χ0) is 13.0. The molecular weight excluding hydrogens is 226 g/mol. The monoisotopic (exact) mass is 247 g/mol. The second-order valence-electron chi connectivity index (χ2n) is 4.45. The van der Waals surface area contributed by atoms with Crippen LogP contribution in [0.2, 0.25) is 0 Å².